The third kappa shape index (κ3) is 4.00. The van der Waals surface area contributed by atoms with Crippen LogP contribution in [0.1, 0.15) is 17.3 Å². The standard InChI is InChI=1S/C22H17F2N3OS/c1-2-29-16-7-3-13(4-8-16)14-5-9-18-20(11-14)26-27-21(18)25-22(28)17-10-6-15(23)12-19(17)24/h3-12H,2H2,1H3,(H2,25,26,27,28). The number of benzene rings is 3. The Kier molecular flexibility index (Phi) is 5.31. The largest absolute Gasteiger partial charge is 0.304 e. The Balaban J connectivity index is 1.59. The highest BCUT2D eigenvalue weighted by Crippen LogP contribution is 2.29. The molecule has 0 saturated heterocycles. The Morgan fingerprint density at radius 3 is 2.52 bits per heavy atom. The van der Waals surface area contributed by atoms with E-state index in [9.17, 15) is 13.6 Å². The van der Waals surface area contributed by atoms with Crippen LogP contribution in [0.3, 0.4) is 0 Å². The first-order valence-electron chi connectivity index (χ1n) is 9.03. The van der Waals surface area contributed by atoms with Crippen LogP contribution in [0.25, 0.3) is 22.0 Å². The van der Waals surface area contributed by atoms with Crippen LogP contribution in [0.5, 0.6) is 0 Å². The highest BCUT2D eigenvalue weighted by atomic mass is 32.2. The Hall–Kier alpha value is -3.19. The molecule has 0 aliphatic carbocycles. The molecule has 0 fully saturated rings. The summed E-state index contributed by atoms with van der Waals surface area (Å²) >= 11 is 1.79. The number of nitrogens with one attached hydrogen (secondary N) is 2. The zero-order valence-corrected chi connectivity index (χ0v) is 16.3. The SMILES string of the molecule is CCSc1ccc(-c2ccc3c(NC(=O)c4ccc(F)cc4F)n[nH]c3c2)cc1. The van der Waals surface area contributed by atoms with E-state index in [1.807, 2.05) is 18.2 Å². The van der Waals surface area contributed by atoms with Crippen LogP contribution in [0, 0.1) is 11.6 Å². The number of fused-ring (bicyclic) bond motifs is 1. The van der Waals surface area contributed by atoms with Crippen molar-refractivity contribution in [3.05, 3.63) is 77.9 Å². The van der Waals surface area contributed by atoms with Crippen molar-refractivity contribution in [2.75, 3.05) is 11.1 Å². The van der Waals surface area contributed by atoms with Gasteiger partial charge in [-0.15, -0.1) is 11.8 Å². The van der Waals surface area contributed by atoms with Gasteiger partial charge in [0.1, 0.15) is 11.6 Å². The van der Waals surface area contributed by atoms with E-state index in [2.05, 4.69) is 46.7 Å². The number of halogens is 2. The summed E-state index contributed by atoms with van der Waals surface area (Å²) < 4.78 is 26.9. The topological polar surface area (TPSA) is 57.8 Å². The van der Waals surface area contributed by atoms with Gasteiger partial charge in [0.05, 0.1) is 11.1 Å². The molecule has 1 heterocycles. The maximum absolute atomic E-state index is 13.8. The third-order valence-corrected chi connectivity index (χ3v) is 5.36. The molecule has 0 saturated carbocycles. The van der Waals surface area contributed by atoms with E-state index in [0.717, 1.165) is 34.5 Å². The summed E-state index contributed by atoms with van der Waals surface area (Å²) in [6, 6.07) is 16.9. The minimum atomic E-state index is -0.922. The molecule has 0 unspecified atom stereocenters. The van der Waals surface area contributed by atoms with Crippen molar-refractivity contribution in [3.8, 4) is 11.1 Å². The molecule has 29 heavy (non-hydrogen) atoms. The van der Waals surface area contributed by atoms with Crippen LogP contribution in [0.2, 0.25) is 0 Å². The van der Waals surface area contributed by atoms with Crippen molar-refractivity contribution in [1.29, 1.82) is 0 Å². The number of rotatable bonds is 5. The van der Waals surface area contributed by atoms with Crippen molar-refractivity contribution in [2.45, 2.75) is 11.8 Å². The van der Waals surface area contributed by atoms with Gasteiger partial charge in [-0.3, -0.25) is 9.89 Å². The van der Waals surface area contributed by atoms with E-state index in [0.29, 0.717) is 11.5 Å². The Morgan fingerprint density at radius 1 is 1.03 bits per heavy atom. The number of amides is 1. The average molecular weight is 409 g/mol. The van der Waals surface area contributed by atoms with E-state index in [1.165, 1.54) is 4.90 Å². The molecule has 0 aliphatic heterocycles. The molecular weight excluding hydrogens is 392 g/mol. The van der Waals surface area contributed by atoms with Crippen LogP contribution in [-0.2, 0) is 0 Å². The molecule has 3 aromatic carbocycles. The fourth-order valence-corrected chi connectivity index (χ4v) is 3.72. The number of hydrogen-bond acceptors (Lipinski definition) is 3. The van der Waals surface area contributed by atoms with E-state index >= 15 is 0 Å². The molecule has 1 aromatic heterocycles. The van der Waals surface area contributed by atoms with Crippen LogP contribution in [0.15, 0.2) is 65.6 Å². The number of carbonyl (C=O) groups is 1. The first kappa shape index (κ1) is 19.1. The first-order chi connectivity index (χ1) is 14.0. The van der Waals surface area contributed by atoms with Gasteiger partial charge in [0, 0.05) is 16.3 Å². The fraction of sp³-hybridized carbons (Fsp3) is 0.0909. The summed E-state index contributed by atoms with van der Waals surface area (Å²) in [5, 5.41) is 10.3. The molecule has 146 valence electrons. The number of anilines is 1. The van der Waals surface area contributed by atoms with Crippen molar-refractivity contribution >= 4 is 34.4 Å². The molecule has 0 bridgehead atoms. The second-order valence-corrected chi connectivity index (χ2v) is 7.71. The highest BCUT2D eigenvalue weighted by Gasteiger charge is 2.16. The van der Waals surface area contributed by atoms with E-state index in [-0.39, 0.29) is 11.4 Å². The molecule has 0 spiro atoms. The summed E-state index contributed by atoms with van der Waals surface area (Å²) in [5.41, 5.74) is 2.58. The molecule has 1 amide bonds. The number of aromatic amines is 1. The quantitative estimate of drug-likeness (QED) is 0.405. The van der Waals surface area contributed by atoms with Crippen molar-refractivity contribution < 1.29 is 13.6 Å². The molecule has 7 heteroatoms. The van der Waals surface area contributed by atoms with Gasteiger partial charge in [-0.05, 0) is 53.3 Å². The Morgan fingerprint density at radius 2 is 1.79 bits per heavy atom. The first-order valence-corrected chi connectivity index (χ1v) is 10.0. The summed E-state index contributed by atoms with van der Waals surface area (Å²) in [6.45, 7) is 2.12. The Labute approximate surface area is 170 Å². The number of aromatic nitrogens is 2. The van der Waals surface area contributed by atoms with E-state index < -0.39 is 17.5 Å². The molecule has 0 atom stereocenters. The van der Waals surface area contributed by atoms with Gasteiger partial charge in [0.2, 0.25) is 0 Å². The monoisotopic (exact) mass is 409 g/mol. The van der Waals surface area contributed by atoms with Crippen molar-refractivity contribution in [1.82, 2.24) is 10.2 Å². The van der Waals surface area contributed by atoms with Gasteiger partial charge in [0.15, 0.2) is 5.82 Å². The molecule has 4 rings (SSSR count). The number of hydrogen-bond donors (Lipinski definition) is 2. The summed E-state index contributed by atoms with van der Waals surface area (Å²) in [5.74, 6) is -1.04. The summed E-state index contributed by atoms with van der Waals surface area (Å²) in [7, 11) is 0. The van der Waals surface area contributed by atoms with Gasteiger partial charge >= 0.3 is 0 Å². The summed E-state index contributed by atoms with van der Waals surface area (Å²) in [4.78, 5) is 13.6. The maximum Gasteiger partial charge on any atom is 0.259 e. The van der Waals surface area contributed by atoms with Gasteiger partial charge < -0.3 is 5.32 Å². The van der Waals surface area contributed by atoms with Crippen LogP contribution < -0.4 is 5.32 Å². The van der Waals surface area contributed by atoms with Crippen LogP contribution >= 0.6 is 11.8 Å². The molecule has 0 aliphatic rings. The van der Waals surface area contributed by atoms with Crippen LogP contribution in [-0.4, -0.2) is 21.9 Å². The molecule has 4 nitrogen and oxygen atoms in total. The normalized spacial score (nSPS) is 11.0. The average Bonchev–Trinajstić information content (AvgIpc) is 3.10. The lowest BCUT2D eigenvalue weighted by Crippen LogP contribution is -2.14. The fourth-order valence-electron chi connectivity index (χ4n) is 3.05. The lowest BCUT2D eigenvalue weighted by Gasteiger charge is -2.05. The molecule has 4 aromatic rings. The number of H-pyrrole nitrogens is 1. The zero-order chi connectivity index (χ0) is 20.4. The second-order valence-electron chi connectivity index (χ2n) is 6.37. The van der Waals surface area contributed by atoms with Crippen molar-refractivity contribution in [3.63, 3.8) is 0 Å². The van der Waals surface area contributed by atoms with Gasteiger partial charge in [-0.25, -0.2) is 8.78 Å². The van der Waals surface area contributed by atoms with Crippen molar-refractivity contribution in [2.24, 2.45) is 0 Å². The number of thioether (sulfide) groups is 1. The molecular formula is C22H17F2N3OS. The smallest absolute Gasteiger partial charge is 0.259 e. The Bertz CT molecular complexity index is 1190. The lowest BCUT2D eigenvalue weighted by atomic mass is 10.0. The predicted molar refractivity (Wildman–Crippen MR) is 112 cm³/mol. The second kappa shape index (κ2) is 8.05. The molecule has 0 radical (unpaired) electrons. The van der Waals surface area contributed by atoms with Gasteiger partial charge in [0.25, 0.3) is 5.91 Å². The number of carbonyl (C=O) groups excluding carboxylic acids is 1. The van der Waals surface area contributed by atoms with Gasteiger partial charge in [-0.1, -0.05) is 25.1 Å². The molecule has 2 N–H and O–H groups in total. The van der Waals surface area contributed by atoms with Crippen LogP contribution in [0.4, 0.5) is 14.6 Å². The minimum Gasteiger partial charge on any atom is -0.304 e. The number of nitrogens with zero attached hydrogens (tertiary/aromatic N) is 1. The highest BCUT2D eigenvalue weighted by molar-refractivity contribution is 7.99. The zero-order valence-electron chi connectivity index (χ0n) is 15.5. The van der Waals surface area contributed by atoms with E-state index in [1.54, 1.807) is 11.8 Å². The van der Waals surface area contributed by atoms with E-state index in [4.69, 9.17) is 0 Å². The maximum atomic E-state index is 13.8. The lowest BCUT2D eigenvalue weighted by molar-refractivity contribution is 0.102. The minimum absolute atomic E-state index is 0.246. The summed E-state index contributed by atoms with van der Waals surface area (Å²) in [6.07, 6.45) is 0. The third-order valence-electron chi connectivity index (χ3n) is 4.47. The van der Waals surface area contributed by atoms with Gasteiger partial charge in [-0.2, -0.15) is 5.10 Å². The predicted octanol–water partition coefficient (Wildman–Crippen LogP) is 5.87.